The topological polar surface area (TPSA) is 101 Å². The number of anilines is 1. The van der Waals surface area contributed by atoms with Crippen molar-refractivity contribution in [2.24, 2.45) is 0 Å². The molecule has 0 saturated heterocycles. The molecule has 3 aromatic rings. The van der Waals surface area contributed by atoms with Crippen LogP contribution in [0.1, 0.15) is 31.0 Å². The monoisotopic (exact) mass is 405 g/mol. The molecule has 2 heterocycles. The summed E-state index contributed by atoms with van der Waals surface area (Å²) in [6.45, 7) is 4.51. The van der Waals surface area contributed by atoms with Gasteiger partial charge in [0, 0.05) is 12.2 Å². The lowest BCUT2D eigenvalue weighted by Crippen LogP contribution is -2.34. The normalized spacial score (nSPS) is 15.3. The van der Waals surface area contributed by atoms with Crippen LogP contribution in [-0.4, -0.2) is 32.4 Å². The number of hydrogen-bond acceptors (Lipinski definition) is 6. The minimum Gasteiger partial charge on any atom is -0.504 e. The number of hydrogen-bond donors (Lipinski definition) is 3. The number of phenols is 1. The molecule has 30 heavy (non-hydrogen) atoms. The predicted molar refractivity (Wildman–Crippen MR) is 112 cm³/mol. The van der Waals surface area contributed by atoms with Crippen molar-refractivity contribution in [1.29, 1.82) is 0 Å². The third kappa shape index (κ3) is 3.71. The Bertz CT molecular complexity index is 1090. The summed E-state index contributed by atoms with van der Waals surface area (Å²) in [6.07, 6.45) is 1.44. The van der Waals surface area contributed by atoms with Crippen molar-refractivity contribution < 1.29 is 14.6 Å². The third-order valence-electron chi connectivity index (χ3n) is 4.93. The van der Waals surface area contributed by atoms with Crippen molar-refractivity contribution in [2.45, 2.75) is 26.4 Å². The molecule has 154 valence electrons. The number of amides is 1. The Balaban J connectivity index is 1.70. The number of fused-ring (bicyclic) bond motifs is 1. The molecule has 0 unspecified atom stereocenters. The van der Waals surface area contributed by atoms with Crippen LogP contribution in [0.25, 0.3) is 0 Å². The molecule has 2 aromatic carbocycles. The van der Waals surface area contributed by atoms with Crippen molar-refractivity contribution in [2.75, 3.05) is 11.9 Å². The second-order valence-corrected chi connectivity index (χ2v) is 6.92. The van der Waals surface area contributed by atoms with E-state index in [9.17, 15) is 9.90 Å². The zero-order valence-corrected chi connectivity index (χ0v) is 16.8. The summed E-state index contributed by atoms with van der Waals surface area (Å²) in [4.78, 5) is 17.5. The van der Waals surface area contributed by atoms with Gasteiger partial charge in [-0.1, -0.05) is 36.4 Å². The van der Waals surface area contributed by atoms with E-state index in [0.717, 1.165) is 11.1 Å². The fourth-order valence-electron chi connectivity index (χ4n) is 3.54. The van der Waals surface area contributed by atoms with E-state index in [-0.39, 0.29) is 11.7 Å². The summed E-state index contributed by atoms with van der Waals surface area (Å²) in [5.74, 6) is 0.741. The van der Waals surface area contributed by atoms with Gasteiger partial charge in [0.15, 0.2) is 11.5 Å². The van der Waals surface area contributed by atoms with Crippen LogP contribution >= 0.6 is 0 Å². The number of aromatic nitrogens is 3. The molecule has 8 nitrogen and oxygen atoms in total. The number of rotatable bonds is 6. The molecular weight excluding hydrogens is 382 g/mol. The average Bonchev–Trinajstić information content (AvgIpc) is 3.21. The van der Waals surface area contributed by atoms with Crippen molar-refractivity contribution in [1.82, 2.24) is 20.1 Å². The van der Waals surface area contributed by atoms with E-state index in [0.29, 0.717) is 36.1 Å². The zero-order chi connectivity index (χ0) is 21.1. The van der Waals surface area contributed by atoms with E-state index in [1.807, 2.05) is 44.2 Å². The average molecular weight is 405 g/mol. The Hall–Kier alpha value is -3.81. The van der Waals surface area contributed by atoms with Crippen LogP contribution in [0.3, 0.4) is 0 Å². The SMILES string of the molecule is CCOc1cc([C@H]2C(C(=O)NCc3ccccc3)=C(C)Nc3ncnn32)ccc1O. The quantitative estimate of drug-likeness (QED) is 0.583. The molecule has 3 N–H and O–H groups in total. The highest BCUT2D eigenvalue weighted by Gasteiger charge is 2.33. The second-order valence-electron chi connectivity index (χ2n) is 6.92. The van der Waals surface area contributed by atoms with E-state index < -0.39 is 6.04 Å². The van der Waals surface area contributed by atoms with Gasteiger partial charge in [0.1, 0.15) is 12.4 Å². The van der Waals surface area contributed by atoms with Gasteiger partial charge >= 0.3 is 0 Å². The fraction of sp³-hybridized carbons (Fsp3) is 0.227. The van der Waals surface area contributed by atoms with Crippen molar-refractivity contribution >= 4 is 11.9 Å². The number of allylic oxidation sites excluding steroid dienone is 1. The molecule has 0 radical (unpaired) electrons. The number of nitrogens with one attached hydrogen (secondary N) is 2. The zero-order valence-electron chi connectivity index (χ0n) is 16.8. The minimum absolute atomic E-state index is 0.0455. The molecule has 0 bridgehead atoms. The second kappa shape index (κ2) is 8.28. The van der Waals surface area contributed by atoms with Gasteiger partial charge in [-0.05, 0) is 37.1 Å². The van der Waals surface area contributed by atoms with Gasteiger partial charge in [-0.15, -0.1) is 0 Å². The van der Waals surface area contributed by atoms with Crippen LogP contribution in [0.2, 0.25) is 0 Å². The smallest absolute Gasteiger partial charge is 0.251 e. The van der Waals surface area contributed by atoms with E-state index in [2.05, 4.69) is 20.7 Å². The van der Waals surface area contributed by atoms with Crippen LogP contribution in [0, 0.1) is 0 Å². The number of ether oxygens (including phenoxy) is 1. The van der Waals surface area contributed by atoms with Crippen LogP contribution in [0.4, 0.5) is 5.95 Å². The minimum atomic E-state index is -0.515. The van der Waals surface area contributed by atoms with Crippen LogP contribution in [-0.2, 0) is 11.3 Å². The number of phenolic OH excluding ortho intramolecular Hbond substituents is 1. The Morgan fingerprint density at radius 1 is 1.27 bits per heavy atom. The molecule has 1 aliphatic rings. The lowest BCUT2D eigenvalue weighted by Gasteiger charge is -2.29. The molecule has 1 amide bonds. The van der Waals surface area contributed by atoms with E-state index >= 15 is 0 Å². The van der Waals surface area contributed by atoms with Gasteiger partial charge in [-0.2, -0.15) is 10.1 Å². The number of aromatic hydroxyl groups is 1. The van der Waals surface area contributed by atoms with Crippen LogP contribution < -0.4 is 15.4 Å². The standard InChI is InChI=1S/C22H23N5O3/c1-3-30-18-11-16(9-10-17(18)28)20-19(14(2)26-22-24-13-25-27(20)22)21(29)23-12-15-7-5-4-6-8-15/h4-11,13,20,28H,3,12H2,1-2H3,(H,23,29)(H,24,25,26)/t20-/m0/s1. The highest BCUT2D eigenvalue weighted by Crippen LogP contribution is 2.38. The Morgan fingerprint density at radius 2 is 2.07 bits per heavy atom. The first-order valence-electron chi connectivity index (χ1n) is 9.73. The third-order valence-corrected chi connectivity index (χ3v) is 4.93. The molecule has 0 spiro atoms. The van der Waals surface area contributed by atoms with Crippen molar-refractivity contribution in [3.8, 4) is 11.5 Å². The number of benzene rings is 2. The largest absolute Gasteiger partial charge is 0.504 e. The number of carbonyl (C=O) groups excluding carboxylic acids is 1. The van der Waals surface area contributed by atoms with Gasteiger partial charge in [0.2, 0.25) is 5.95 Å². The van der Waals surface area contributed by atoms with Gasteiger partial charge < -0.3 is 20.5 Å². The summed E-state index contributed by atoms with van der Waals surface area (Å²) in [7, 11) is 0. The summed E-state index contributed by atoms with van der Waals surface area (Å²) >= 11 is 0. The van der Waals surface area contributed by atoms with E-state index in [1.54, 1.807) is 22.9 Å². The molecule has 8 heteroatoms. The van der Waals surface area contributed by atoms with E-state index in [1.165, 1.54) is 6.33 Å². The highest BCUT2D eigenvalue weighted by atomic mass is 16.5. The maximum Gasteiger partial charge on any atom is 0.251 e. The first-order chi connectivity index (χ1) is 14.6. The maximum absolute atomic E-state index is 13.2. The van der Waals surface area contributed by atoms with Crippen LogP contribution in [0.15, 0.2) is 66.1 Å². The molecular formula is C22H23N5O3. The lowest BCUT2D eigenvalue weighted by atomic mass is 9.94. The molecule has 0 aliphatic carbocycles. The van der Waals surface area contributed by atoms with Crippen molar-refractivity contribution in [3.05, 3.63) is 77.3 Å². The molecule has 1 atom stereocenters. The van der Waals surface area contributed by atoms with Gasteiger partial charge in [-0.3, -0.25) is 4.79 Å². The van der Waals surface area contributed by atoms with Crippen molar-refractivity contribution in [3.63, 3.8) is 0 Å². The van der Waals surface area contributed by atoms with Gasteiger partial charge in [0.05, 0.1) is 12.2 Å². The number of carbonyl (C=O) groups is 1. The lowest BCUT2D eigenvalue weighted by molar-refractivity contribution is -0.118. The Labute approximate surface area is 174 Å². The maximum atomic E-state index is 13.2. The number of nitrogens with zero attached hydrogens (tertiary/aromatic N) is 3. The van der Waals surface area contributed by atoms with Gasteiger partial charge in [-0.25, -0.2) is 4.68 Å². The molecule has 0 fully saturated rings. The molecule has 4 rings (SSSR count). The van der Waals surface area contributed by atoms with E-state index in [4.69, 9.17) is 4.74 Å². The highest BCUT2D eigenvalue weighted by molar-refractivity contribution is 5.96. The summed E-state index contributed by atoms with van der Waals surface area (Å²) in [5, 5.41) is 20.6. The Kier molecular flexibility index (Phi) is 5.38. The Morgan fingerprint density at radius 3 is 2.83 bits per heavy atom. The molecule has 1 aliphatic heterocycles. The predicted octanol–water partition coefficient (Wildman–Crippen LogP) is 2.99. The van der Waals surface area contributed by atoms with Gasteiger partial charge in [0.25, 0.3) is 5.91 Å². The summed E-state index contributed by atoms with van der Waals surface area (Å²) < 4.78 is 7.20. The molecule has 1 aromatic heterocycles. The first kappa shape index (κ1) is 19.5. The summed E-state index contributed by atoms with van der Waals surface area (Å²) in [5.41, 5.74) is 2.98. The first-order valence-corrected chi connectivity index (χ1v) is 9.73. The molecule has 0 saturated carbocycles. The van der Waals surface area contributed by atoms with Crippen LogP contribution in [0.5, 0.6) is 11.5 Å². The summed E-state index contributed by atoms with van der Waals surface area (Å²) in [6, 6.07) is 14.3. The fourth-order valence-corrected chi connectivity index (χ4v) is 3.54.